The first-order valence-corrected chi connectivity index (χ1v) is 11.5. The molecule has 3 aromatic rings. The monoisotopic (exact) mass is 458 g/mol. The number of carbonyl (C=O) groups excluding carboxylic acids is 1. The number of anilines is 1. The van der Waals surface area contributed by atoms with Crippen molar-refractivity contribution in [2.45, 2.75) is 38.1 Å². The van der Waals surface area contributed by atoms with Gasteiger partial charge in [-0.05, 0) is 56.0 Å². The van der Waals surface area contributed by atoms with E-state index in [1.165, 1.54) is 6.07 Å². The van der Waals surface area contributed by atoms with Gasteiger partial charge in [-0.3, -0.25) is 4.79 Å². The van der Waals surface area contributed by atoms with Crippen molar-refractivity contribution in [3.63, 3.8) is 0 Å². The molecule has 1 atom stereocenters. The third kappa shape index (κ3) is 5.38. The molecule has 0 saturated carbocycles. The summed E-state index contributed by atoms with van der Waals surface area (Å²) in [5.74, 6) is -2.78. The molecule has 0 bridgehead atoms. The van der Waals surface area contributed by atoms with Gasteiger partial charge in [0.05, 0.1) is 4.90 Å². The number of nitrogens with one attached hydrogen (secondary N) is 2. The fourth-order valence-electron chi connectivity index (χ4n) is 3.70. The van der Waals surface area contributed by atoms with E-state index in [1.807, 2.05) is 6.92 Å². The van der Waals surface area contributed by atoms with Crippen LogP contribution in [0.15, 0.2) is 65.6 Å². The Labute approximate surface area is 186 Å². The SMILES string of the molecule is Cc1cc(C)c(S(=O)(=O)N[C@@H](Cc2ccccc2)C(=O)Nc2c(F)cccc2F)c(C)c1. The van der Waals surface area contributed by atoms with Crippen LogP contribution in [0.5, 0.6) is 0 Å². The van der Waals surface area contributed by atoms with Gasteiger partial charge in [0.1, 0.15) is 23.4 Å². The van der Waals surface area contributed by atoms with Crippen molar-refractivity contribution in [2.75, 3.05) is 5.32 Å². The van der Waals surface area contributed by atoms with E-state index in [0.29, 0.717) is 16.7 Å². The van der Waals surface area contributed by atoms with E-state index < -0.39 is 39.3 Å². The summed E-state index contributed by atoms with van der Waals surface area (Å²) in [7, 11) is -4.11. The summed E-state index contributed by atoms with van der Waals surface area (Å²) in [4.78, 5) is 13.1. The molecule has 0 radical (unpaired) electrons. The van der Waals surface area contributed by atoms with Crippen LogP contribution in [0.3, 0.4) is 0 Å². The molecular formula is C24H24F2N2O3S. The number of rotatable bonds is 7. The second-order valence-corrected chi connectivity index (χ2v) is 9.33. The fraction of sp³-hybridized carbons (Fsp3) is 0.208. The van der Waals surface area contributed by atoms with Crippen molar-refractivity contribution in [3.8, 4) is 0 Å². The first kappa shape index (κ1) is 23.6. The summed E-state index contributed by atoms with van der Waals surface area (Å²) < 4.78 is 57.0. The summed E-state index contributed by atoms with van der Waals surface area (Å²) in [6, 6.07) is 14.1. The Morgan fingerprint density at radius 2 is 1.47 bits per heavy atom. The number of para-hydroxylation sites is 1. The predicted octanol–water partition coefficient (Wildman–Crippen LogP) is 4.42. The highest BCUT2D eigenvalue weighted by atomic mass is 32.2. The van der Waals surface area contributed by atoms with E-state index in [-0.39, 0.29) is 11.3 Å². The highest BCUT2D eigenvalue weighted by Crippen LogP contribution is 2.23. The molecule has 0 saturated heterocycles. The Morgan fingerprint density at radius 1 is 0.906 bits per heavy atom. The Hall–Kier alpha value is -3.10. The fourth-order valence-corrected chi connectivity index (χ4v) is 5.35. The minimum atomic E-state index is -4.11. The molecule has 0 aliphatic carbocycles. The predicted molar refractivity (Wildman–Crippen MR) is 120 cm³/mol. The quantitative estimate of drug-likeness (QED) is 0.551. The lowest BCUT2D eigenvalue weighted by Gasteiger charge is -2.21. The van der Waals surface area contributed by atoms with Crippen LogP contribution in [0.4, 0.5) is 14.5 Å². The topological polar surface area (TPSA) is 75.3 Å². The summed E-state index contributed by atoms with van der Waals surface area (Å²) in [5.41, 5.74) is 2.04. The van der Waals surface area contributed by atoms with Gasteiger partial charge >= 0.3 is 0 Å². The average molecular weight is 459 g/mol. The average Bonchev–Trinajstić information content (AvgIpc) is 2.69. The van der Waals surface area contributed by atoms with Crippen molar-refractivity contribution in [1.82, 2.24) is 4.72 Å². The van der Waals surface area contributed by atoms with E-state index in [1.54, 1.807) is 56.3 Å². The maximum atomic E-state index is 14.1. The molecule has 0 aromatic heterocycles. The van der Waals surface area contributed by atoms with Gasteiger partial charge in [0, 0.05) is 0 Å². The molecule has 8 heteroatoms. The maximum absolute atomic E-state index is 14.1. The van der Waals surface area contributed by atoms with Gasteiger partial charge in [0.15, 0.2) is 0 Å². The second-order valence-electron chi connectivity index (χ2n) is 7.68. The first-order valence-electron chi connectivity index (χ1n) is 9.97. The van der Waals surface area contributed by atoms with Gasteiger partial charge in [-0.25, -0.2) is 17.2 Å². The molecule has 3 aromatic carbocycles. The number of sulfonamides is 1. The van der Waals surface area contributed by atoms with Gasteiger partial charge in [0.25, 0.3) is 0 Å². The van der Waals surface area contributed by atoms with Crippen LogP contribution in [0.2, 0.25) is 0 Å². The molecule has 32 heavy (non-hydrogen) atoms. The molecule has 0 heterocycles. The van der Waals surface area contributed by atoms with Crippen LogP contribution in [0.1, 0.15) is 22.3 Å². The van der Waals surface area contributed by atoms with Crippen LogP contribution < -0.4 is 10.0 Å². The standard InChI is InChI=1S/C24H24F2N2O3S/c1-15-12-16(2)23(17(3)13-15)32(30,31)28-21(14-18-8-5-4-6-9-18)24(29)27-22-19(25)10-7-11-20(22)26/h4-13,21,28H,14H2,1-3H3,(H,27,29)/t21-/m0/s1. The molecular weight excluding hydrogens is 434 g/mol. The lowest BCUT2D eigenvalue weighted by molar-refractivity contribution is -0.117. The van der Waals surface area contributed by atoms with E-state index in [0.717, 1.165) is 17.7 Å². The molecule has 2 N–H and O–H groups in total. The number of hydrogen-bond donors (Lipinski definition) is 2. The number of hydrogen-bond acceptors (Lipinski definition) is 3. The van der Waals surface area contributed by atoms with E-state index in [4.69, 9.17) is 0 Å². The van der Waals surface area contributed by atoms with Crippen LogP contribution in [0.25, 0.3) is 0 Å². The van der Waals surface area contributed by atoms with Gasteiger partial charge in [0.2, 0.25) is 15.9 Å². The van der Waals surface area contributed by atoms with Crippen LogP contribution >= 0.6 is 0 Å². The minimum absolute atomic E-state index is 0.00800. The summed E-state index contributed by atoms with van der Waals surface area (Å²) >= 11 is 0. The molecule has 0 spiro atoms. The van der Waals surface area contributed by atoms with E-state index in [9.17, 15) is 22.0 Å². The van der Waals surface area contributed by atoms with Crippen LogP contribution in [0, 0.1) is 32.4 Å². The van der Waals surface area contributed by atoms with E-state index >= 15 is 0 Å². The highest BCUT2D eigenvalue weighted by Gasteiger charge is 2.29. The second kappa shape index (κ2) is 9.58. The number of carbonyl (C=O) groups is 1. The first-order chi connectivity index (χ1) is 15.1. The Balaban J connectivity index is 1.97. The molecule has 168 valence electrons. The maximum Gasteiger partial charge on any atom is 0.243 e. The Morgan fingerprint density at radius 3 is 2.03 bits per heavy atom. The largest absolute Gasteiger partial charge is 0.320 e. The molecule has 1 amide bonds. The van der Waals surface area contributed by atoms with Crippen molar-refractivity contribution < 1.29 is 22.0 Å². The number of aryl methyl sites for hydroxylation is 3. The van der Waals surface area contributed by atoms with Crippen LogP contribution in [-0.2, 0) is 21.2 Å². The van der Waals surface area contributed by atoms with Gasteiger partial charge in [-0.1, -0.05) is 54.1 Å². The van der Waals surface area contributed by atoms with Crippen molar-refractivity contribution >= 4 is 21.6 Å². The Kier molecular flexibility index (Phi) is 7.06. The zero-order chi connectivity index (χ0) is 23.5. The molecule has 0 aliphatic rings. The lowest BCUT2D eigenvalue weighted by atomic mass is 10.1. The third-order valence-corrected chi connectivity index (χ3v) is 6.76. The molecule has 0 fully saturated rings. The summed E-state index contributed by atoms with van der Waals surface area (Å²) in [6.07, 6.45) is -0.00800. The highest BCUT2D eigenvalue weighted by molar-refractivity contribution is 7.89. The zero-order valence-corrected chi connectivity index (χ0v) is 18.8. The number of benzene rings is 3. The van der Waals surface area contributed by atoms with Crippen molar-refractivity contribution in [3.05, 3.63) is 94.6 Å². The van der Waals surface area contributed by atoms with E-state index in [2.05, 4.69) is 10.0 Å². The third-order valence-electron chi connectivity index (χ3n) is 4.98. The Bertz CT molecular complexity index is 1200. The number of halogens is 2. The van der Waals surface area contributed by atoms with Gasteiger partial charge in [-0.15, -0.1) is 0 Å². The molecule has 0 aliphatic heterocycles. The molecule has 5 nitrogen and oxygen atoms in total. The van der Waals surface area contributed by atoms with Crippen molar-refractivity contribution in [2.24, 2.45) is 0 Å². The van der Waals surface area contributed by atoms with Crippen LogP contribution in [-0.4, -0.2) is 20.4 Å². The minimum Gasteiger partial charge on any atom is -0.320 e. The van der Waals surface area contributed by atoms with Gasteiger partial charge < -0.3 is 5.32 Å². The normalized spacial score (nSPS) is 12.4. The molecule has 0 unspecified atom stereocenters. The zero-order valence-electron chi connectivity index (χ0n) is 17.9. The smallest absolute Gasteiger partial charge is 0.243 e. The molecule has 3 rings (SSSR count). The van der Waals surface area contributed by atoms with Crippen molar-refractivity contribution in [1.29, 1.82) is 0 Å². The summed E-state index contributed by atoms with van der Waals surface area (Å²) in [5, 5.41) is 2.20. The number of amides is 1. The van der Waals surface area contributed by atoms with Gasteiger partial charge in [-0.2, -0.15) is 4.72 Å². The lowest BCUT2D eigenvalue weighted by Crippen LogP contribution is -2.45. The summed E-state index contributed by atoms with van der Waals surface area (Å²) in [6.45, 7) is 5.21.